The van der Waals surface area contributed by atoms with Gasteiger partial charge in [0.05, 0.1) is 36.8 Å². The van der Waals surface area contributed by atoms with Crippen molar-refractivity contribution in [2.45, 2.75) is 309 Å². The molecule has 1 fully saturated rings. The third kappa shape index (κ3) is 37.3. The lowest BCUT2D eigenvalue weighted by Gasteiger charge is -2.29. The second-order valence-electron chi connectivity index (χ2n) is 21.4. The van der Waals surface area contributed by atoms with E-state index in [1.165, 1.54) is 154 Å². The van der Waals surface area contributed by atoms with Crippen molar-refractivity contribution in [2.75, 3.05) is 33.4 Å². The van der Waals surface area contributed by atoms with Gasteiger partial charge in [-0.25, -0.2) is 0 Å². The van der Waals surface area contributed by atoms with Crippen molar-refractivity contribution < 1.29 is 38.1 Å². The van der Waals surface area contributed by atoms with Crippen LogP contribution < -0.4 is 5.32 Å². The lowest BCUT2D eigenvalue weighted by atomic mass is 10.0. The van der Waals surface area contributed by atoms with Gasteiger partial charge in [0.2, 0.25) is 11.8 Å². The molecule has 0 bridgehead atoms. The standard InChI is InChI=1S/C57H108N2O8/c1-8-10-12-14-16-18-20-22-24-26-28-30-32-34-36-39-53(61)59-48-51(67-55(63)42-41-52(60)58-45-38-43-57(5,6)66-46-44-56(3,4)64-7)47-50(59)49-65-54(62)40-37-35-33-31-29-27-25-23-21-19-17-15-13-11-9-2/h50-51H,8-49H2,1-7H3,(H,58,60)/t50-,51+/m0/s1. The SMILES string of the molecule is CCCCCCCCCCCCCCCCCC(=O)OC[C@@H]1C[C@@H](OC(=O)CCC(=O)NCCCC(C)(C)OCCC(C)(C)OC)CN1C(=O)CCCCCCCCCCCCCCCCC. The molecular weight excluding hydrogens is 841 g/mol. The summed E-state index contributed by atoms with van der Waals surface area (Å²) in [7, 11) is 1.71. The van der Waals surface area contributed by atoms with Crippen molar-refractivity contribution in [3.8, 4) is 0 Å². The highest BCUT2D eigenvalue weighted by Gasteiger charge is 2.37. The topological polar surface area (TPSA) is 120 Å². The predicted octanol–water partition coefficient (Wildman–Crippen LogP) is 14.9. The minimum atomic E-state index is -0.489. The highest BCUT2D eigenvalue weighted by Crippen LogP contribution is 2.25. The smallest absolute Gasteiger partial charge is 0.306 e. The van der Waals surface area contributed by atoms with E-state index in [1.54, 1.807) is 12.0 Å². The van der Waals surface area contributed by atoms with E-state index in [4.69, 9.17) is 18.9 Å². The Morgan fingerprint density at radius 1 is 0.522 bits per heavy atom. The fourth-order valence-electron chi connectivity index (χ4n) is 9.15. The summed E-state index contributed by atoms with van der Waals surface area (Å²) in [6.45, 7) is 14.2. The van der Waals surface area contributed by atoms with Crippen LogP contribution in [0.5, 0.6) is 0 Å². The number of nitrogens with zero attached hydrogens (tertiary/aromatic N) is 1. The Balaban J connectivity index is 2.45. The molecule has 0 unspecified atom stereocenters. The maximum absolute atomic E-state index is 13.6. The number of carbonyl (C=O) groups is 4. The van der Waals surface area contributed by atoms with E-state index in [2.05, 4.69) is 33.0 Å². The summed E-state index contributed by atoms with van der Waals surface area (Å²) in [5.41, 5.74) is -0.547. The molecule has 2 atom stereocenters. The lowest BCUT2D eigenvalue weighted by molar-refractivity contribution is -0.150. The van der Waals surface area contributed by atoms with Crippen LogP contribution in [0.25, 0.3) is 0 Å². The Labute approximate surface area is 413 Å². The fourth-order valence-corrected chi connectivity index (χ4v) is 9.15. The molecule has 1 rings (SSSR count). The molecule has 1 aliphatic rings. The van der Waals surface area contributed by atoms with Crippen LogP contribution in [0.15, 0.2) is 0 Å². The molecule has 1 aliphatic heterocycles. The molecular formula is C57H108N2O8. The normalized spacial score (nSPS) is 15.3. The molecule has 394 valence electrons. The van der Waals surface area contributed by atoms with Gasteiger partial charge in [-0.1, -0.05) is 194 Å². The molecule has 67 heavy (non-hydrogen) atoms. The molecule has 0 aromatic heterocycles. The summed E-state index contributed by atoms with van der Waals surface area (Å²) in [4.78, 5) is 53.7. The molecule has 2 amide bonds. The number of rotatable bonds is 47. The Kier molecular flexibility index (Phi) is 39.0. The van der Waals surface area contributed by atoms with Gasteiger partial charge in [0.25, 0.3) is 0 Å². The zero-order valence-corrected chi connectivity index (χ0v) is 45.1. The van der Waals surface area contributed by atoms with Gasteiger partial charge >= 0.3 is 11.9 Å². The monoisotopic (exact) mass is 949 g/mol. The van der Waals surface area contributed by atoms with Crippen LogP contribution in [0.1, 0.15) is 286 Å². The van der Waals surface area contributed by atoms with Crippen molar-refractivity contribution in [3.05, 3.63) is 0 Å². The van der Waals surface area contributed by atoms with E-state index in [-0.39, 0.29) is 61.0 Å². The number of carbonyl (C=O) groups excluding carboxylic acids is 4. The third-order valence-electron chi connectivity index (χ3n) is 14.0. The molecule has 0 aliphatic carbocycles. The van der Waals surface area contributed by atoms with Crippen LogP contribution in [0.3, 0.4) is 0 Å². The van der Waals surface area contributed by atoms with E-state index < -0.39 is 12.1 Å². The van der Waals surface area contributed by atoms with Gasteiger partial charge in [0.1, 0.15) is 12.7 Å². The number of nitrogens with one attached hydrogen (secondary N) is 1. The Hall–Kier alpha value is -2.20. The lowest BCUT2D eigenvalue weighted by Crippen LogP contribution is -2.39. The zero-order valence-electron chi connectivity index (χ0n) is 45.1. The van der Waals surface area contributed by atoms with Crippen LogP contribution in [0.2, 0.25) is 0 Å². The van der Waals surface area contributed by atoms with Gasteiger partial charge in [-0.2, -0.15) is 0 Å². The maximum atomic E-state index is 13.6. The minimum Gasteiger partial charge on any atom is -0.463 e. The highest BCUT2D eigenvalue weighted by atomic mass is 16.5. The quantitative estimate of drug-likeness (QED) is 0.0473. The molecule has 0 aromatic carbocycles. The van der Waals surface area contributed by atoms with Crippen LogP contribution in [-0.4, -0.2) is 85.4 Å². The van der Waals surface area contributed by atoms with Crippen LogP contribution in [-0.2, 0) is 38.1 Å². The van der Waals surface area contributed by atoms with Crippen LogP contribution in [0.4, 0.5) is 0 Å². The van der Waals surface area contributed by atoms with Gasteiger partial charge in [-0.05, 0) is 59.8 Å². The summed E-state index contributed by atoms with van der Waals surface area (Å²) in [6.07, 6.45) is 41.3. The number of hydrogen-bond donors (Lipinski definition) is 1. The molecule has 0 radical (unpaired) electrons. The minimum absolute atomic E-state index is 0.0296. The van der Waals surface area contributed by atoms with E-state index in [0.29, 0.717) is 32.4 Å². The molecule has 10 heteroatoms. The number of esters is 2. The number of amides is 2. The fraction of sp³-hybridized carbons (Fsp3) is 0.930. The van der Waals surface area contributed by atoms with E-state index in [9.17, 15) is 19.2 Å². The average molecular weight is 949 g/mol. The van der Waals surface area contributed by atoms with Crippen molar-refractivity contribution in [1.29, 1.82) is 0 Å². The number of unbranched alkanes of at least 4 members (excludes halogenated alkanes) is 28. The number of methoxy groups -OCH3 is 1. The molecule has 0 saturated carbocycles. The van der Waals surface area contributed by atoms with E-state index >= 15 is 0 Å². The summed E-state index contributed by atoms with van der Waals surface area (Å²) < 4.78 is 23.1. The van der Waals surface area contributed by atoms with Crippen LogP contribution in [0, 0.1) is 0 Å². The van der Waals surface area contributed by atoms with Crippen LogP contribution >= 0.6 is 0 Å². The average Bonchev–Trinajstić information content (AvgIpc) is 3.71. The van der Waals surface area contributed by atoms with Gasteiger partial charge in [0, 0.05) is 39.3 Å². The molecule has 10 nitrogen and oxygen atoms in total. The predicted molar refractivity (Wildman–Crippen MR) is 277 cm³/mol. The maximum Gasteiger partial charge on any atom is 0.306 e. The van der Waals surface area contributed by atoms with Crippen molar-refractivity contribution >= 4 is 23.8 Å². The molecule has 0 aromatic rings. The van der Waals surface area contributed by atoms with Gasteiger partial charge in [0.15, 0.2) is 0 Å². The molecule has 1 N–H and O–H groups in total. The summed E-state index contributed by atoms with van der Waals surface area (Å²) in [6, 6.07) is -0.324. The first-order valence-corrected chi connectivity index (χ1v) is 28.4. The number of hydrogen-bond acceptors (Lipinski definition) is 8. The Bertz CT molecular complexity index is 1220. The van der Waals surface area contributed by atoms with Gasteiger partial charge in [-0.3, -0.25) is 19.2 Å². The first-order valence-electron chi connectivity index (χ1n) is 28.4. The Morgan fingerprint density at radius 3 is 1.43 bits per heavy atom. The highest BCUT2D eigenvalue weighted by molar-refractivity contribution is 5.81. The largest absolute Gasteiger partial charge is 0.463 e. The van der Waals surface area contributed by atoms with E-state index in [0.717, 1.165) is 57.8 Å². The molecule has 0 spiro atoms. The van der Waals surface area contributed by atoms with E-state index in [1.807, 2.05) is 13.8 Å². The molecule has 1 saturated heterocycles. The summed E-state index contributed by atoms with van der Waals surface area (Å²) >= 11 is 0. The molecule has 1 heterocycles. The number of likely N-dealkylation sites (tertiary alicyclic amines) is 1. The van der Waals surface area contributed by atoms with Crippen molar-refractivity contribution in [1.82, 2.24) is 10.2 Å². The second kappa shape index (κ2) is 41.6. The van der Waals surface area contributed by atoms with Crippen molar-refractivity contribution in [2.24, 2.45) is 0 Å². The Morgan fingerprint density at radius 2 is 0.970 bits per heavy atom. The summed E-state index contributed by atoms with van der Waals surface area (Å²) in [5, 5.41) is 2.92. The first-order chi connectivity index (χ1) is 32.3. The van der Waals surface area contributed by atoms with Crippen molar-refractivity contribution in [3.63, 3.8) is 0 Å². The summed E-state index contributed by atoms with van der Waals surface area (Å²) in [5.74, 6) is -0.834. The second-order valence-corrected chi connectivity index (χ2v) is 21.4. The number of ether oxygens (including phenoxy) is 4. The van der Waals surface area contributed by atoms with Gasteiger partial charge < -0.3 is 29.2 Å². The third-order valence-corrected chi connectivity index (χ3v) is 14.0. The zero-order chi connectivity index (χ0) is 49.3. The first kappa shape index (κ1) is 62.8. The van der Waals surface area contributed by atoms with Gasteiger partial charge in [-0.15, -0.1) is 0 Å².